The first-order valence-electron chi connectivity index (χ1n) is 6.29. The summed E-state index contributed by atoms with van der Waals surface area (Å²) in [4.78, 5) is 15.1. The van der Waals surface area contributed by atoms with E-state index in [0.29, 0.717) is 16.8 Å². The van der Waals surface area contributed by atoms with Gasteiger partial charge in [-0.2, -0.15) is 0 Å². The van der Waals surface area contributed by atoms with Crippen LogP contribution in [0.3, 0.4) is 0 Å². The minimum absolute atomic E-state index is 0.102. The monoisotopic (exact) mass is 301 g/mol. The Labute approximate surface area is 123 Å². The largest absolute Gasteiger partial charge is 0.478 e. The molecule has 0 saturated heterocycles. The van der Waals surface area contributed by atoms with Gasteiger partial charge in [-0.05, 0) is 36.4 Å². The summed E-state index contributed by atoms with van der Waals surface area (Å²) in [5.74, 6) is -2.78. The highest BCUT2D eigenvalue weighted by Gasteiger charge is 2.12. The molecule has 0 unspecified atom stereocenters. The van der Waals surface area contributed by atoms with Crippen molar-refractivity contribution in [3.63, 3.8) is 0 Å². The molecular weight excluding hydrogens is 292 g/mol. The molecule has 0 aliphatic heterocycles. The van der Waals surface area contributed by atoms with E-state index in [2.05, 4.69) is 4.98 Å². The molecule has 22 heavy (non-hydrogen) atoms. The van der Waals surface area contributed by atoms with Crippen LogP contribution in [0.4, 0.5) is 8.78 Å². The number of carbonyl (C=O) groups is 1. The van der Waals surface area contributed by atoms with Gasteiger partial charge in [-0.25, -0.2) is 18.6 Å². The molecule has 0 atom stereocenters. The zero-order chi connectivity index (χ0) is 15.7. The highest BCUT2D eigenvalue weighted by atomic mass is 19.2. The number of halogens is 2. The van der Waals surface area contributed by atoms with E-state index in [1.807, 2.05) is 0 Å². The highest BCUT2D eigenvalue weighted by molar-refractivity contribution is 5.89. The maximum absolute atomic E-state index is 13.2. The topological polar surface area (TPSA) is 63.3 Å². The van der Waals surface area contributed by atoms with Crippen LogP contribution >= 0.6 is 0 Å². The van der Waals surface area contributed by atoms with Crippen molar-refractivity contribution in [2.45, 2.75) is 0 Å². The molecular formula is C16H9F2NO3. The molecule has 1 heterocycles. The van der Waals surface area contributed by atoms with Gasteiger partial charge in [0.1, 0.15) is 12.0 Å². The molecule has 0 radical (unpaired) electrons. The molecule has 4 nitrogen and oxygen atoms in total. The van der Waals surface area contributed by atoms with Crippen LogP contribution in [0.2, 0.25) is 0 Å². The lowest BCUT2D eigenvalue weighted by Crippen LogP contribution is -1.95. The fourth-order valence-corrected chi connectivity index (χ4v) is 1.98. The van der Waals surface area contributed by atoms with Gasteiger partial charge in [0.15, 0.2) is 11.6 Å². The number of hydrogen-bond acceptors (Lipinski definition) is 3. The maximum atomic E-state index is 13.2. The van der Waals surface area contributed by atoms with E-state index in [4.69, 9.17) is 9.52 Å². The molecule has 1 N–H and O–H groups in total. The molecule has 2 aromatic carbocycles. The fraction of sp³-hybridized carbons (Fsp3) is 0. The van der Waals surface area contributed by atoms with Gasteiger partial charge in [-0.1, -0.05) is 6.07 Å². The van der Waals surface area contributed by atoms with E-state index >= 15 is 0 Å². The van der Waals surface area contributed by atoms with E-state index in [1.54, 1.807) is 12.1 Å². The summed E-state index contributed by atoms with van der Waals surface area (Å²) < 4.78 is 31.5. The maximum Gasteiger partial charge on any atom is 0.335 e. The van der Waals surface area contributed by atoms with Crippen LogP contribution in [-0.4, -0.2) is 16.1 Å². The number of aromatic carboxylic acids is 1. The van der Waals surface area contributed by atoms with Gasteiger partial charge in [0.05, 0.1) is 5.56 Å². The first kappa shape index (κ1) is 13.9. The summed E-state index contributed by atoms with van der Waals surface area (Å²) in [6.45, 7) is 0. The number of carboxylic acid groups (broad SMARTS) is 1. The summed E-state index contributed by atoms with van der Waals surface area (Å²) in [5, 5.41) is 8.97. The molecule has 110 valence electrons. The molecule has 0 fully saturated rings. The first-order chi connectivity index (χ1) is 10.5. The molecule has 0 bridgehead atoms. The van der Waals surface area contributed by atoms with Gasteiger partial charge in [-0.3, -0.25) is 0 Å². The van der Waals surface area contributed by atoms with Gasteiger partial charge in [0, 0.05) is 11.1 Å². The van der Waals surface area contributed by atoms with Crippen LogP contribution in [0.5, 0.6) is 0 Å². The Morgan fingerprint density at radius 1 is 1.05 bits per heavy atom. The third-order valence-corrected chi connectivity index (χ3v) is 3.08. The number of benzene rings is 2. The van der Waals surface area contributed by atoms with Crippen LogP contribution in [0.1, 0.15) is 10.4 Å². The van der Waals surface area contributed by atoms with Crippen molar-refractivity contribution in [3.05, 3.63) is 65.9 Å². The Bertz CT molecular complexity index is 858. The predicted molar refractivity (Wildman–Crippen MR) is 74.3 cm³/mol. The summed E-state index contributed by atoms with van der Waals surface area (Å²) in [6.07, 6.45) is 1.30. The SMILES string of the molecule is O=C(O)c1cccc(-c2nc(-c3ccc(F)c(F)c3)co2)c1. The number of oxazole rings is 1. The second kappa shape index (κ2) is 5.40. The molecule has 0 aliphatic rings. The normalized spacial score (nSPS) is 10.6. The number of nitrogens with zero attached hydrogens (tertiary/aromatic N) is 1. The predicted octanol–water partition coefficient (Wildman–Crippen LogP) is 3.99. The fourth-order valence-electron chi connectivity index (χ4n) is 1.98. The summed E-state index contributed by atoms with van der Waals surface area (Å²) in [5.41, 5.74) is 1.27. The Kier molecular flexibility index (Phi) is 3.42. The average molecular weight is 301 g/mol. The zero-order valence-corrected chi connectivity index (χ0v) is 11.1. The summed E-state index contributed by atoms with van der Waals surface area (Å²) in [7, 11) is 0. The van der Waals surface area contributed by atoms with Crippen molar-refractivity contribution < 1.29 is 23.1 Å². The van der Waals surface area contributed by atoms with Gasteiger partial charge in [-0.15, -0.1) is 0 Å². The van der Waals surface area contributed by atoms with Gasteiger partial charge in [0.25, 0.3) is 0 Å². The Hall–Kier alpha value is -3.02. The lowest BCUT2D eigenvalue weighted by Gasteiger charge is -1.98. The number of carboxylic acids is 1. The average Bonchev–Trinajstić information content (AvgIpc) is 3.00. The van der Waals surface area contributed by atoms with E-state index in [-0.39, 0.29) is 11.5 Å². The highest BCUT2D eigenvalue weighted by Crippen LogP contribution is 2.26. The minimum atomic E-state index is -1.06. The van der Waals surface area contributed by atoms with Crippen molar-refractivity contribution in [2.24, 2.45) is 0 Å². The van der Waals surface area contributed by atoms with Gasteiger partial charge < -0.3 is 9.52 Å². The van der Waals surface area contributed by atoms with Crippen LogP contribution in [0.25, 0.3) is 22.7 Å². The Morgan fingerprint density at radius 2 is 1.86 bits per heavy atom. The van der Waals surface area contributed by atoms with Crippen molar-refractivity contribution >= 4 is 5.97 Å². The lowest BCUT2D eigenvalue weighted by molar-refractivity contribution is 0.0697. The van der Waals surface area contributed by atoms with Crippen LogP contribution < -0.4 is 0 Å². The molecule has 6 heteroatoms. The molecule has 0 aliphatic carbocycles. The van der Waals surface area contributed by atoms with Crippen LogP contribution in [-0.2, 0) is 0 Å². The number of aromatic nitrogens is 1. The third-order valence-electron chi connectivity index (χ3n) is 3.08. The second-order valence-corrected chi connectivity index (χ2v) is 4.55. The standard InChI is InChI=1S/C16H9F2NO3/c17-12-5-4-9(7-13(12)18)14-8-22-15(19-14)10-2-1-3-11(6-10)16(20)21/h1-8H,(H,20,21). The van der Waals surface area contributed by atoms with E-state index in [1.165, 1.54) is 24.5 Å². The van der Waals surface area contributed by atoms with Crippen LogP contribution in [0.15, 0.2) is 53.1 Å². The molecule has 0 spiro atoms. The summed E-state index contributed by atoms with van der Waals surface area (Å²) >= 11 is 0. The van der Waals surface area contributed by atoms with Crippen LogP contribution in [0, 0.1) is 11.6 Å². The molecule has 0 saturated carbocycles. The van der Waals surface area contributed by atoms with Crippen molar-refractivity contribution in [2.75, 3.05) is 0 Å². The smallest absolute Gasteiger partial charge is 0.335 e. The Morgan fingerprint density at radius 3 is 2.59 bits per heavy atom. The quantitative estimate of drug-likeness (QED) is 0.794. The van der Waals surface area contributed by atoms with Gasteiger partial charge >= 0.3 is 5.97 Å². The molecule has 3 rings (SSSR count). The van der Waals surface area contributed by atoms with E-state index in [0.717, 1.165) is 12.1 Å². The van der Waals surface area contributed by atoms with Crippen molar-refractivity contribution in [3.8, 4) is 22.7 Å². The van der Waals surface area contributed by atoms with Crippen molar-refractivity contribution in [1.82, 2.24) is 4.98 Å². The van der Waals surface area contributed by atoms with E-state index < -0.39 is 17.6 Å². The third kappa shape index (κ3) is 2.58. The molecule has 3 aromatic rings. The molecule has 1 aromatic heterocycles. The molecule has 0 amide bonds. The lowest BCUT2D eigenvalue weighted by atomic mass is 10.1. The number of rotatable bonds is 3. The minimum Gasteiger partial charge on any atom is -0.478 e. The van der Waals surface area contributed by atoms with Crippen molar-refractivity contribution in [1.29, 1.82) is 0 Å². The Balaban J connectivity index is 1.98. The second-order valence-electron chi connectivity index (χ2n) is 4.55. The zero-order valence-electron chi connectivity index (χ0n) is 11.1. The number of hydrogen-bond donors (Lipinski definition) is 1. The van der Waals surface area contributed by atoms with Gasteiger partial charge in [0.2, 0.25) is 5.89 Å². The van der Waals surface area contributed by atoms with E-state index in [9.17, 15) is 13.6 Å². The first-order valence-corrected chi connectivity index (χ1v) is 6.29. The summed E-state index contributed by atoms with van der Waals surface area (Å²) in [6, 6.07) is 9.49.